The Morgan fingerprint density at radius 2 is 2.00 bits per heavy atom. The first-order valence-corrected chi connectivity index (χ1v) is 4.97. The summed E-state index contributed by atoms with van der Waals surface area (Å²) in [6.45, 7) is 7.82. The lowest BCUT2D eigenvalue weighted by Crippen LogP contribution is -2.30. The molecule has 0 saturated carbocycles. The van der Waals surface area contributed by atoms with Crippen molar-refractivity contribution in [3.8, 4) is 0 Å². The Kier molecular flexibility index (Phi) is 5.67. The van der Waals surface area contributed by atoms with Crippen LogP contribution in [0.4, 0.5) is 0 Å². The molecule has 0 atom stereocenters. The second-order valence-electron chi connectivity index (χ2n) is 3.63. The zero-order valence-electron chi connectivity index (χ0n) is 9.28. The van der Waals surface area contributed by atoms with E-state index in [1.807, 2.05) is 13.8 Å². The number of carboxylic acids is 1. The molecule has 0 saturated heterocycles. The molecule has 0 aliphatic carbocycles. The zero-order valence-corrected chi connectivity index (χ0v) is 9.28. The molecule has 0 aromatic rings. The van der Waals surface area contributed by atoms with Gasteiger partial charge in [-0.1, -0.05) is 20.4 Å². The van der Waals surface area contributed by atoms with Crippen LogP contribution in [0.15, 0.2) is 12.2 Å². The molecule has 0 amide bonds. The van der Waals surface area contributed by atoms with Crippen LogP contribution in [0, 0.1) is 5.41 Å². The van der Waals surface area contributed by atoms with Crippen LogP contribution in [0.1, 0.15) is 33.1 Å². The first-order valence-electron chi connectivity index (χ1n) is 4.97. The summed E-state index contributed by atoms with van der Waals surface area (Å²) in [5, 5.41) is 9.15. The fourth-order valence-corrected chi connectivity index (χ4v) is 1.56. The van der Waals surface area contributed by atoms with Crippen LogP contribution in [0.25, 0.3) is 0 Å². The Labute approximate surface area is 89.9 Å². The van der Waals surface area contributed by atoms with Crippen molar-refractivity contribution < 1.29 is 19.4 Å². The molecule has 0 aliphatic rings. The van der Waals surface area contributed by atoms with Gasteiger partial charge in [0.05, 0.1) is 5.41 Å². The van der Waals surface area contributed by atoms with Crippen molar-refractivity contribution in [1.29, 1.82) is 0 Å². The number of carbonyl (C=O) groups excluding carboxylic acids is 1. The number of aliphatic carboxylic acids is 1. The summed E-state index contributed by atoms with van der Waals surface area (Å²) in [4.78, 5) is 21.1. The average Bonchev–Trinajstić information content (AvgIpc) is 2.22. The summed E-state index contributed by atoms with van der Waals surface area (Å²) in [5.74, 6) is -0.820. The molecule has 86 valence electrons. The molecule has 0 bridgehead atoms. The predicted octanol–water partition coefficient (Wildman–Crippen LogP) is 2.00. The number of hydrogen-bond acceptors (Lipinski definition) is 3. The van der Waals surface area contributed by atoms with Crippen molar-refractivity contribution in [3.05, 3.63) is 12.2 Å². The molecular formula is C11H18O4. The van der Waals surface area contributed by atoms with Crippen LogP contribution in [-0.4, -0.2) is 24.2 Å². The van der Waals surface area contributed by atoms with Gasteiger partial charge in [-0.3, -0.25) is 9.59 Å². The summed E-state index contributed by atoms with van der Waals surface area (Å²) in [5.41, 5.74) is -0.142. The van der Waals surface area contributed by atoms with E-state index >= 15 is 0 Å². The van der Waals surface area contributed by atoms with Gasteiger partial charge < -0.3 is 9.84 Å². The van der Waals surface area contributed by atoms with Gasteiger partial charge in [-0.05, 0) is 24.8 Å². The van der Waals surface area contributed by atoms with Gasteiger partial charge in [0.15, 0.2) is 0 Å². The van der Waals surface area contributed by atoms with E-state index in [4.69, 9.17) is 5.11 Å². The molecular weight excluding hydrogens is 196 g/mol. The first kappa shape index (κ1) is 13.7. The van der Waals surface area contributed by atoms with Crippen molar-refractivity contribution >= 4 is 12.4 Å². The Bertz CT molecular complexity index is 241. The molecule has 4 heteroatoms. The van der Waals surface area contributed by atoms with Crippen LogP contribution >= 0.6 is 0 Å². The van der Waals surface area contributed by atoms with Gasteiger partial charge in [0.25, 0.3) is 6.47 Å². The summed E-state index contributed by atoms with van der Waals surface area (Å²) in [6, 6.07) is 0. The van der Waals surface area contributed by atoms with E-state index in [1.165, 1.54) is 0 Å². The highest BCUT2D eigenvalue weighted by atomic mass is 16.5. The largest absolute Gasteiger partial charge is 0.481 e. The predicted molar refractivity (Wildman–Crippen MR) is 56.4 cm³/mol. The van der Waals surface area contributed by atoms with E-state index in [0.717, 1.165) is 0 Å². The lowest BCUT2D eigenvalue weighted by molar-refractivity contribution is -0.149. The molecule has 0 aromatic carbocycles. The summed E-state index contributed by atoms with van der Waals surface area (Å²) in [6.07, 6.45) is 1.43. The highest BCUT2D eigenvalue weighted by Crippen LogP contribution is 2.33. The lowest BCUT2D eigenvalue weighted by Gasteiger charge is -2.27. The number of carbonyl (C=O) groups is 2. The molecule has 1 N–H and O–H groups in total. The minimum Gasteiger partial charge on any atom is -0.481 e. The molecule has 0 rings (SSSR count). The summed E-state index contributed by atoms with van der Waals surface area (Å²) < 4.78 is 4.54. The number of hydrogen-bond donors (Lipinski definition) is 1. The second-order valence-corrected chi connectivity index (χ2v) is 3.63. The van der Waals surface area contributed by atoms with Crippen LogP contribution < -0.4 is 0 Å². The molecule has 0 spiro atoms. The van der Waals surface area contributed by atoms with Gasteiger partial charge in [-0.2, -0.15) is 0 Å². The maximum atomic E-state index is 11.1. The monoisotopic (exact) mass is 214 g/mol. The number of ether oxygens (including phenoxy) is 1. The van der Waals surface area contributed by atoms with E-state index in [-0.39, 0.29) is 6.61 Å². The van der Waals surface area contributed by atoms with Gasteiger partial charge in [-0.15, -0.1) is 0 Å². The first-order chi connectivity index (χ1) is 7.02. The van der Waals surface area contributed by atoms with Gasteiger partial charge in [0, 0.05) is 0 Å². The highest BCUT2D eigenvalue weighted by molar-refractivity contribution is 5.74. The lowest BCUT2D eigenvalue weighted by atomic mass is 9.77. The van der Waals surface area contributed by atoms with Crippen molar-refractivity contribution in [2.24, 2.45) is 5.41 Å². The molecule has 15 heavy (non-hydrogen) atoms. The van der Waals surface area contributed by atoms with Crippen LogP contribution in [0.3, 0.4) is 0 Å². The maximum Gasteiger partial charge on any atom is 0.309 e. The molecule has 0 unspecified atom stereocenters. The summed E-state index contributed by atoms with van der Waals surface area (Å²) >= 11 is 0. The fraction of sp³-hybridized carbons (Fsp3) is 0.636. The van der Waals surface area contributed by atoms with Crippen molar-refractivity contribution in [1.82, 2.24) is 0 Å². The number of rotatable bonds is 8. The van der Waals surface area contributed by atoms with Gasteiger partial charge in [0.2, 0.25) is 0 Å². The van der Waals surface area contributed by atoms with Gasteiger partial charge >= 0.3 is 5.97 Å². The minimum absolute atomic E-state index is 0.0958. The molecule has 0 heterocycles. The van der Waals surface area contributed by atoms with Crippen LogP contribution in [0.5, 0.6) is 0 Å². The Balaban J connectivity index is 4.47. The zero-order chi connectivity index (χ0) is 11.9. The highest BCUT2D eigenvalue weighted by Gasteiger charge is 2.35. The minimum atomic E-state index is -0.820. The molecule has 0 radical (unpaired) electrons. The van der Waals surface area contributed by atoms with Crippen molar-refractivity contribution in [2.75, 3.05) is 6.61 Å². The van der Waals surface area contributed by atoms with E-state index < -0.39 is 11.4 Å². The van der Waals surface area contributed by atoms with Gasteiger partial charge in [0.1, 0.15) is 6.61 Å². The third kappa shape index (κ3) is 3.73. The molecule has 0 aromatic heterocycles. The standard InChI is InChI=1S/C11H18O4/c1-4-11(5-2,10(13)14)6-9(3)7-15-8-12/h8H,3-7H2,1-2H3,(H,13,14). The Hall–Kier alpha value is -1.32. The van der Waals surface area contributed by atoms with E-state index in [0.29, 0.717) is 31.3 Å². The molecule has 4 nitrogen and oxygen atoms in total. The van der Waals surface area contributed by atoms with Gasteiger partial charge in [-0.25, -0.2) is 0 Å². The smallest absolute Gasteiger partial charge is 0.309 e. The van der Waals surface area contributed by atoms with Crippen LogP contribution in [0.2, 0.25) is 0 Å². The summed E-state index contributed by atoms with van der Waals surface area (Å²) in [7, 11) is 0. The van der Waals surface area contributed by atoms with Crippen molar-refractivity contribution in [3.63, 3.8) is 0 Å². The Morgan fingerprint density at radius 1 is 1.47 bits per heavy atom. The SMILES string of the molecule is C=C(COC=O)CC(CC)(CC)C(=O)O. The van der Waals surface area contributed by atoms with E-state index in [1.54, 1.807) is 0 Å². The topological polar surface area (TPSA) is 63.6 Å². The third-order valence-electron chi connectivity index (χ3n) is 2.75. The molecule has 0 fully saturated rings. The quantitative estimate of drug-likeness (QED) is 0.495. The fourth-order valence-electron chi connectivity index (χ4n) is 1.56. The third-order valence-corrected chi connectivity index (χ3v) is 2.75. The molecule has 0 aliphatic heterocycles. The van der Waals surface area contributed by atoms with Crippen molar-refractivity contribution in [2.45, 2.75) is 33.1 Å². The van der Waals surface area contributed by atoms with E-state index in [2.05, 4.69) is 11.3 Å². The van der Waals surface area contributed by atoms with E-state index in [9.17, 15) is 9.59 Å². The maximum absolute atomic E-state index is 11.1. The van der Waals surface area contributed by atoms with Crippen LogP contribution in [-0.2, 0) is 14.3 Å². The normalized spacial score (nSPS) is 10.8. The Morgan fingerprint density at radius 3 is 2.33 bits per heavy atom. The second kappa shape index (κ2) is 6.22. The number of carboxylic acid groups (broad SMARTS) is 1. The average molecular weight is 214 g/mol.